The third-order valence-corrected chi connectivity index (χ3v) is 4.33. The van der Waals surface area contributed by atoms with Crippen molar-refractivity contribution >= 4 is 17.7 Å². The molecule has 0 aromatic heterocycles. The highest BCUT2D eigenvalue weighted by atomic mass is 32.2. The second kappa shape index (κ2) is 7.56. The van der Waals surface area contributed by atoms with Crippen LogP contribution in [0.2, 0.25) is 0 Å². The van der Waals surface area contributed by atoms with Gasteiger partial charge in [0, 0.05) is 17.2 Å². The maximum absolute atomic E-state index is 11.0. The molecule has 0 radical (unpaired) electrons. The fourth-order valence-corrected chi connectivity index (χ4v) is 2.42. The summed E-state index contributed by atoms with van der Waals surface area (Å²) in [6, 6.07) is 8.31. The number of carboxylic acid groups (broad SMARTS) is 1. The molecule has 1 aromatic carbocycles. The van der Waals surface area contributed by atoms with Gasteiger partial charge in [-0.3, -0.25) is 4.79 Å². The van der Waals surface area contributed by atoms with Crippen molar-refractivity contribution in [1.29, 1.82) is 0 Å². The van der Waals surface area contributed by atoms with E-state index in [4.69, 9.17) is 5.11 Å². The van der Waals surface area contributed by atoms with Crippen molar-refractivity contribution in [2.45, 2.75) is 38.6 Å². The Morgan fingerprint density at radius 2 is 1.95 bits per heavy atom. The Labute approximate surface area is 119 Å². The van der Waals surface area contributed by atoms with Crippen molar-refractivity contribution in [2.24, 2.45) is 5.41 Å². The third kappa shape index (κ3) is 5.66. The van der Waals surface area contributed by atoms with Gasteiger partial charge in [-0.05, 0) is 44.5 Å². The smallest absolute Gasteiger partial charge is 0.309 e. The van der Waals surface area contributed by atoms with Crippen molar-refractivity contribution < 1.29 is 9.90 Å². The van der Waals surface area contributed by atoms with E-state index >= 15 is 0 Å². The fraction of sp³-hybridized carbons (Fsp3) is 0.533. The van der Waals surface area contributed by atoms with Crippen LogP contribution in [0.5, 0.6) is 0 Å². The molecular formula is C15H23NO2S. The molecular weight excluding hydrogens is 258 g/mol. The van der Waals surface area contributed by atoms with Crippen molar-refractivity contribution in [3.8, 4) is 0 Å². The van der Waals surface area contributed by atoms with Gasteiger partial charge in [-0.2, -0.15) is 0 Å². The lowest BCUT2D eigenvalue weighted by molar-refractivity contribution is -0.145. The fourth-order valence-electron chi connectivity index (χ4n) is 1.44. The molecule has 0 saturated carbocycles. The lowest BCUT2D eigenvalue weighted by atomic mass is 9.97. The predicted molar refractivity (Wildman–Crippen MR) is 80.6 cm³/mol. The summed E-state index contributed by atoms with van der Waals surface area (Å²) in [6.07, 6.45) is 1.14. The molecule has 4 heteroatoms. The number of nitrogens with one attached hydrogen (secondary N) is 1. The first kappa shape index (κ1) is 16.1. The van der Waals surface area contributed by atoms with Gasteiger partial charge in [0.15, 0.2) is 0 Å². The Bertz CT molecular complexity index is 401. The van der Waals surface area contributed by atoms with E-state index in [-0.39, 0.29) is 0 Å². The molecule has 0 amide bonds. The number of aliphatic carboxylic acids is 1. The molecule has 1 rings (SSSR count). The molecule has 0 heterocycles. The first-order valence-electron chi connectivity index (χ1n) is 6.61. The zero-order valence-corrected chi connectivity index (χ0v) is 12.7. The number of carbonyl (C=O) groups is 1. The van der Waals surface area contributed by atoms with Gasteiger partial charge >= 0.3 is 5.97 Å². The highest BCUT2D eigenvalue weighted by molar-refractivity contribution is 7.99. The normalized spacial score (nSPS) is 11.5. The molecule has 0 spiro atoms. The number of hydrogen-bond donors (Lipinski definition) is 2. The third-order valence-electron chi connectivity index (χ3n) is 2.86. The van der Waals surface area contributed by atoms with Crippen LogP contribution in [0.4, 0.5) is 0 Å². The SMILES string of the molecule is CCCNCc1ccc(SCC(C)(C)C(=O)O)cc1. The van der Waals surface area contributed by atoms with E-state index in [1.165, 1.54) is 5.56 Å². The second-order valence-corrected chi connectivity index (χ2v) is 6.35. The summed E-state index contributed by atoms with van der Waals surface area (Å²) in [5.41, 5.74) is 0.571. The maximum atomic E-state index is 11.0. The first-order valence-corrected chi connectivity index (χ1v) is 7.60. The topological polar surface area (TPSA) is 49.3 Å². The number of benzene rings is 1. The lowest BCUT2D eigenvalue weighted by Crippen LogP contribution is -2.26. The van der Waals surface area contributed by atoms with Crippen molar-refractivity contribution in [1.82, 2.24) is 5.32 Å². The van der Waals surface area contributed by atoms with Crippen LogP contribution in [0.25, 0.3) is 0 Å². The average molecular weight is 281 g/mol. The van der Waals surface area contributed by atoms with E-state index in [1.54, 1.807) is 25.6 Å². The van der Waals surface area contributed by atoms with E-state index in [0.717, 1.165) is 24.4 Å². The summed E-state index contributed by atoms with van der Waals surface area (Å²) in [6.45, 7) is 7.58. The monoisotopic (exact) mass is 281 g/mol. The van der Waals surface area contributed by atoms with Gasteiger partial charge in [0.2, 0.25) is 0 Å². The minimum atomic E-state index is -0.750. The Morgan fingerprint density at radius 3 is 2.47 bits per heavy atom. The highest BCUT2D eigenvalue weighted by Crippen LogP contribution is 2.27. The van der Waals surface area contributed by atoms with E-state index in [2.05, 4.69) is 36.5 Å². The van der Waals surface area contributed by atoms with Crippen LogP contribution >= 0.6 is 11.8 Å². The Morgan fingerprint density at radius 1 is 1.32 bits per heavy atom. The summed E-state index contributed by atoms with van der Waals surface area (Å²) in [7, 11) is 0. The number of hydrogen-bond acceptors (Lipinski definition) is 3. The van der Waals surface area contributed by atoms with E-state index in [9.17, 15) is 4.79 Å². The van der Waals surface area contributed by atoms with Crippen molar-refractivity contribution in [2.75, 3.05) is 12.3 Å². The van der Waals surface area contributed by atoms with Gasteiger partial charge in [0.05, 0.1) is 5.41 Å². The van der Waals surface area contributed by atoms with Gasteiger partial charge in [0.1, 0.15) is 0 Å². The van der Waals surface area contributed by atoms with Crippen LogP contribution < -0.4 is 5.32 Å². The molecule has 0 aliphatic heterocycles. The van der Waals surface area contributed by atoms with Gasteiger partial charge in [0.25, 0.3) is 0 Å². The first-order chi connectivity index (χ1) is 8.95. The minimum Gasteiger partial charge on any atom is -0.481 e. The zero-order valence-electron chi connectivity index (χ0n) is 11.9. The maximum Gasteiger partial charge on any atom is 0.309 e. The molecule has 0 fully saturated rings. The molecule has 0 atom stereocenters. The summed E-state index contributed by atoms with van der Waals surface area (Å²) in [4.78, 5) is 12.1. The van der Waals surface area contributed by atoms with E-state index < -0.39 is 11.4 Å². The quantitative estimate of drug-likeness (QED) is 0.566. The average Bonchev–Trinajstić information content (AvgIpc) is 2.38. The Balaban J connectivity index is 2.46. The van der Waals surface area contributed by atoms with Crippen molar-refractivity contribution in [3.63, 3.8) is 0 Å². The summed E-state index contributed by atoms with van der Waals surface area (Å²) in [5, 5.41) is 12.4. The Kier molecular flexibility index (Phi) is 6.38. The molecule has 2 N–H and O–H groups in total. The van der Waals surface area contributed by atoms with Gasteiger partial charge < -0.3 is 10.4 Å². The molecule has 0 aliphatic carbocycles. The zero-order chi connectivity index (χ0) is 14.3. The number of thioether (sulfide) groups is 1. The minimum absolute atomic E-state index is 0.579. The van der Waals surface area contributed by atoms with Crippen LogP contribution in [-0.2, 0) is 11.3 Å². The predicted octanol–water partition coefficient (Wildman–Crippen LogP) is 3.39. The van der Waals surface area contributed by atoms with Crippen LogP contribution in [0, 0.1) is 5.41 Å². The van der Waals surface area contributed by atoms with Gasteiger partial charge in [-0.1, -0.05) is 19.1 Å². The highest BCUT2D eigenvalue weighted by Gasteiger charge is 2.26. The van der Waals surface area contributed by atoms with Crippen LogP contribution in [0.3, 0.4) is 0 Å². The van der Waals surface area contributed by atoms with Crippen LogP contribution in [0.1, 0.15) is 32.8 Å². The summed E-state index contributed by atoms with van der Waals surface area (Å²) >= 11 is 1.59. The van der Waals surface area contributed by atoms with Gasteiger partial charge in [-0.25, -0.2) is 0 Å². The Hall–Kier alpha value is -1.00. The molecule has 0 aliphatic rings. The standard InChI is InChI=1S/C15H23NO2S/c1-4-9-16-10-12-5-7-13(8-6-12)19-11-15(2,3)14(17)18/h5-8,16H,4,9-11H2,1-3H3,(H,17,18). The number of rotatable bonds is 8. The van der Waals surface area contributed by atoms with E-state index in [1.807, 2.05) is 0 Å². The summed E-state index contributed by atoms with van der Waals surface area (Å²) in [5.74, 6) is -0.171. The molecule has 0 unspecified atom stereocenters. The van der Waals surface area contributed by atoms with Gasteiger partial charge in [-0.15, -0.1) is 11.8 Å². The lowest BCUT2D eigenvalue weighted by Gasteiger charge is -2.18. The molecule has 1 aromatic rings. The molecule has 19 heavy (non-hydrogen) atoms. The molecule has 0 bridgehead atoms. The van der Waals surface area contributed by atoms with E-state index in [0.29, 0.717) is 5.75 Å². The van der Waals surface area contributed by atoms with Crippen LogP contribution in [0.15, 0.2) is 29.2 Å². The largest absolute Gasteiger partial charge is 0.481 e. The molecule has 106 valence electrons. The summed E-state index contributed by atoms with van der Waals surface area (Å²) < 4.78 is 0. The molecule has 3 nitrogen and oxygen atoms in total. The van der Waals surface area contributed by atoms with Crippen molar-refractivity contribution in [3.05, 3.63) is 29.8 Å². The van der Waals surface area contributed by atoms with Crippen LogP contribution in [-0.4, -0.2) is 23.4 Å². The number of carboxylic acids is 1. The molecule has 0 saturated heterocycles. The second-order valence-electron chi connectivity index (χ2n) is 5.30.